The third-order valence-corrected chi connectivity index (χ3v) is 4.37. The van der Waals surface area contributed by atoms with E-state index in [2.05, 4.69) is 15.6 Å². The van der Waals surface area contributed by atoms with Gasteiger partial charge < -0.3 is 29.7 Å². The van der Waals surface area contributed by atoms with Crippen molar-refractivity contribution in [3.8, 4) is 5.75 Å². The summed E-state index contributed by atoms with van der Waals surface area (Å²) in [5, 5.41) is 6.76. The third-order valence-electron chi connectivity index (χ3n) is 4.37. The summed E-state index contributed by atoms with van der Waals surface area (Å²) < 4.78 is 16.2. The maximum Gasteiger partial charge on any atom is 0.196 e. The molecule has 2 aromatic rings. The Morgan fingerprint density at radius 3 is 2.56 bits per heavy atom. The van der Waals surface area contributed by atoms with Crippen LogP contribution in [0.1, 0.15) is 25.8 Å². The Morgan fingerprint density at radius 1 is 1.09 bits per heavy atom. The molecule has 0 amide bonds. The molecule has 2 N–H and O–H groups in total. The van der Waals surface area contributed by atoms with E-state index in [1.807, 2.05) is 75.4 Å². The lowest BCUT2D eigenvalue weighted by atomic mass is 10.2. The summed E-state index contributed by atoms with van der Waals surface area (Å²) in [7, 11) is 5.63. The minimum atomic E-state index is 0.145. The van der Waals surface area contributed by atoms with Crippen molar-refractivity contribution >= 4 is 17.5 Å². The molecule has 0 atom stereocenters. The van der Waals surface area contributed by atoms with Gasteiger partial charge in [-0.3, -0.25) is 0 Å². The monoisotopic (exact) mass is 443 g/mol. The maximum atomic E-state index is 5.72. The van der Waals surface area contributed by atoms with E-state index in [0.717, 1.165) is 35.8 Å². The molecule has 2 rings (SSSR count). The molecule has 0 radical (unpaired) electrons. The quantitative estimate of drug-likeness (QED) is 0.278. The van der Waals surface area contributed by atoms with Crippen molar-refractivity contribution in [2.24, 2.45) is 4.99 Å². The van der Waals surface area contributed by atoms with Gasteiger partial charge in [0.05, 0.1) is 25.9 Å². The molecule has 0 aliphatic rings. The number of pyridine rings is 1. The van der Waals surface area contributed by atoms with Gasteiger partial charge in [-0.1, -0.05) is 0 Å². The molecule has 0 saturated carbocycles. The second-order valence-corrected chi connectivity index (χ2v) is 7.78. The van der Waals surface area contributed by atoms with Gasteiger partial charge in [-0.05, 0) is 62.2 Å². The fraction of sp³-hybridized carbons (Fsp3) is 0.500. The third kappa shape index (κ3) is 9.98. The van der Waals surface area contributed by atoms with Gasteiger partial charge >= 0.3 is 0 Å². The number of aromatic nitrogens is 1. The Hall–Kier alpha value is -2.84. The van der Waals surface area contributed by atoms with Gasteiger partial charge in [0.25, 0.3) is 0 Å². The number of benzene rings is 1. The fourth-order valence-electron chi connectivity index (χ4n) is 2.76. The first kappa shape index (κ1) is 25.4. The Labute approximate surface area is 192 Å². The first-order valence-corrected chi connectivity index (χ1v) is 11.0. The Kier molecular flexibility index (Phi) is 11.3. The number of ether oxygens (including phenoxy) is 3. The summed E-state index contributed by atoms with van der Waals surface area (Å²) in [6, 6.07) is 11.9. The molecule has 1 aromatic heterocycles. The number of anilines is 2. The van der Waals surface area contributed by atoms with Crippen LogP contribution in [0, 0.1) is 0 Å². The van der Waals surface area contributed by atoms with Crippen molar-refractivity contribution in [1.82, 2.24) is 10.3 Å². The van der Waals surface area contributed by atoms with Crippen LogP contribution in [0.3, 0.4) is 0 Å². The molecular formula is C24H37N5O3. The number of guanidine groups is 1. The molecule has 0 aliphatic carbocycles. The number of nitrogens with zero attached hydrogens (tertiary/aromatic N) is 3. The van der Waals surface area contributed by atoms with Crippen molar-refractivity contribution in [1.29, 1.82) is 0 Å². The Balaban J connectivity index is 2.00. The van der Waals surface area contributed by atoms with Crippen LogP contribution in [-0.4, -0.2) is 64.6 Å². The van der Waals surface area contributed by atoms with E-state index in [4.69, 9.17) is 19.2 Å². The predicted molar refractivity (Wildman–Crippen MR) is 131 cm³/mol. The van der Waals surface area contributed by atoms with Crippen molar-refractivity contribution in [3.05, 3.63) is 48.2 Å². The fourth-order valence-corrected chi connectivity index (χ4v) is 2.76. The number of aliphatic imine (C=N–C) groups is 1. The number of hydrogen-bond donors (Lipinski definition) is 2. The highest BCUT2D eigenvalue weighted by molar-refractivity contribution is 5.93. The molecule has 32 heavy (non-hydrogen) atoms. The van der Waals surface area contributed by atoms with Crippen LogP contribution in [0.5, 0.6) is 5.75 Å². The molecule has 0 spiro atoms. The van der Waals surface area contributed by atoms with E-state index >= 15 is 0 Å². The van der Waals surface area contributed by atoms with E-state index in [9.17, 15) is 0 Å². The SMILES string of the molecule is COCCOCCCNC(=NCc1ccnc(N(C)C)c1)Nc1ccc(OC(C)C)cc1. The van der Waals surface area contributed by atoms with Gasteiger partial charge in [0.1, 0.15) is 11.6 Å². The first-order valence-electron chi connectivity index (χ1n) is 11.0. The number of hydrogen-bond acceptors (Lipinski definition) is 6. The van der Waals surface area contributed by atoms with Crippen LogP contribution >= 0.6 is 0 Å². The van der Waals surface area contributed by atoms with Crippen molar-refractivity contribution in [3.63, 3.8) is 0 Å². The molecule has 0 unspecified atom stereocenters. The number of rotatable bonds is 13. The summed E-state index contributed by atoms with van der Waals surface area (Å²) in [5.74, 6) is 2.47. The molecule has 8 nitrogen and oxygen atoms in total. The van der Waals surface area contributed by atoms with Crippen molar-refractivity contribution in [2.75, 3.05) is 57.8 Å². The van der Waals surface area contributed by atoms with Gasteiger partial charge in [-0.2, -0.15) is 0 Å². The lowest BCUT2D eigenvalue weighted by molar-refractivity contribution is 0.0699. The lowest BCUT2D eigenvalue weighted by Crippen LogP contribution is -2.32. The highest BCUT2D eigenvalue weighted by Gasteiger charge is 2.04. The molecular weight excluding hydrogens is 406 g/mol. The topological polar surface area (TPSA) is 80.2 Å². The van der Waals surface area contributed by atoms with E-state index < -0.39 is 0 Å². The zero-order chi connectivity index (χ0) is 23.2. The van der Waals surface area contributed by atoms with Gasteiger partial charge in [0.2, 0.25) is 0 Å². The number of methoxy groups -OCH3 is 1. The second kappa shape index (κ2) is 14.3. The van der Waals surface area contributed by atoms with Crippen LogP contribution in [0.25, 0.3) is 0 Å². The molecule has 0 fully saturated rings. The van der Waals surface area contributed by atoms with Gasteiger partial charge in [-0.25, -0.2) is 9.98 Å². The standard InChI is InChI=1S/C24H37N5O3/c1-19(2)32-22-9-7-21(8-10-22)28-24(26-12-6-14-31-16-15-30-5)27-18-20-11-13-25-23(17-20)29(3)4/h7-11,13,17,19H,6,12,14-16,18H2,1-5H3,(H2,26,27,28). The molecule has 0 saturated heterocycles. The van der Waals surface area contributed by atoms with Crippen molar-refractivity contribution in [2.45, 2.75) is 32.9 Å². The van der Waals surface area contributed by atoms with Crippen LogP contribution in [-0.2, 0) is 16.0 Å². The van der Waals surface area contributed by atoms with Gasteiger partial charge in [0.15, 0.2) is 5.96 Å². The minimum Gasteiger partial charge on any atom is -0.491 e. The minimum absolute atomic E-state index is 0.145. The average molecular weight is 444 g/mol. The van der Waals surface area contributed by atoms with E-state index in [-0.39, 0.29) is 6.10 Å². The highest BCUT2D eigenvalue weighted by Crippen LogP contribution is 2.17. The first-order chi connectivity index (χ1) is 15.5. The van der Waals surface area contributed by atoms with Crippen LogP contribution in [0.4, 0.5) is 11.5 Å². The summed E-state index contributed by atoms with van der Waals surface area (Å²) in [6.07, 6.45) is 2.82. The highest BCUT2D eigenvalue weighted by atomic mass is 16.5. The Morgan fingerprint density at radius 2 is 1.88 bits per heavy atom. The normalized spacial score (nSPS) is 11.5. The van der Waals surface area contributed by atoms with Gasteiger partial charge in [-0.15, -0.1) is 0 Å². The summed E-state index contributed by atoms with van der Waals surface area (Å²) in [6.45, 7) is 7.20. The summed E-state index contributed by atoms with van der Waals surface area (Å²) in [4.78, 5) is 11.1. The molecule has 0 aliphatic heterocycles. The lowest BCUT2D eigenvalue weighted by Gasteiger charge is -2.15. The van der Waals surface area contributed by atoms with E-state index in [0.29, 0.717) is 32.3 Å². The second-order valence-electron chi connectivity index (χ2n) is 7.78. The zero-order valence-electron chi connectivity index (χ0n) is 19.9. The maximum absolute atomic E-state index is 5.72. The average Bonchev–Trinajstić information content (AvgIpc) is 2.77. The Bertz CT molecular complexity index is 810. The summed E-state index contributed by atoms with van der Waals surface area (Å²) in [5.41, 5.74) is 2.03. The van der Waals surface area contributed by atoms with Gasteiger partial charge in [0, 0.05) is 46.2 Å². The van der Waals surface area contributed by atoms with E-state index in [1.54, 1.807) is 7.11 Å². The zero-order valence-corrected chi connectivity index (χ0v) is 19.9. The smallest absolute Gasteiger partial charge is 0.196 e. The summed E-state index contributed by atoms with van der Waals surface area (Å²) >= 11 is 0. The largest absolute Gasteiger partial charge is 0.491 e. The van der Waals surface area contributed by atoms with Crippen LogP contribution < -0.4 is 20.3 Å². The molecule has 0 bridgehead atoms. The predicted octanol–water partition coefficient (Wildman–Crippen LogP) is 3.55. The molecule has 176 valence electrons. The molecule has 1 aromatic carbocycles. The number of nitrogens with one attached hydrogen (secondary N) is 2. The van der Waals surface area contributed by atoms with Crippen LogP contribution in [0.2, 0.25) is 0 Å². The molecule has 1 heterocycles. The van der Waals surface area contributed by atoms with Crippen molar-refractivity contribution < 1.29 is 14.2 Å². The van der Waals surface area contributed by atoms with E-state index in [1.165, 1.54) is 0 Å². The van der Waals surface area contributed by atoms with Crippen LogP contribution in [0.15, 0.2) is 47.6 Å². The molecule has 8 heteroatoms.